The zero-order chi connectivity index (χ0) is 20.7. The Labute approximate surface area is 162 Å². The van der Waals surface area contributed by atoms with Gasteiger partial charge in [-0.1, -0.05) is 6.07 Å². The first-order valence-electron chi connectivity index (χ1n) is 8.45. The van der Waals surface area contributed by atoms with Gasteiger partial charge in [-0.25, -0.2) is 9.18 Å². The average molecular weight is 391 g/mol. The fourth-order valence-electron chi connectivity index (χ4n) is 2.65. The third-order valence-corrected chi connectivity index (χ3v) is 4.11. The van der Waals surface area contributed by atoms with Gasteiger partial charge >= 0.3 is 5.97 Å². The van der Waals surface area contributed by atoms with E-state index in [9.17, 15) is 19.1 Å². The summed E-state index contributed by atoms with van der Waals surface area (Å²) in [4.78, 5) is 23.8. The average Bonchev–Trinajstić information content (AvgIpc) is 2.69. The van der Waals surface area contributed by atoms with Gasteiger partial charge in [0.1, 0.15) is 11.5 Å². The van der Waals surface area contributed by atoms with Crippen LogP contribution in [0.5, 0.6) is 17.2 Å². The first-order chi connectivity index (χ1) is 13.4. The van der Waals surface area contributed by atoms with E-state index in [4.69, 9.17) is 14.2 Å². The fraction of sp³-hybridized carbons (Fsp3) is 0.300. The second-order valence-corrected chi connectivity index (χ2v) is 5.95. The van der Waals surface area contributed by atoms with Crippen molar-refractivity contribution < 1.29 is 33.3 Å². The summed E-state index contributed by atoms with van der Waals surface area (Å²) in [5.41, 5.74) is 0.913. The molecule has 1 unspecified atom stereocenters. The second-order valence-electron chi connectivity index (χ2n) is 5.95. The van der Waals surface area contributed by atoms with Crippen LogP contribution in [0.4, 0.5) is 4.39 Å². The number of amides is 1. The van der Waals surface area contributed by atoms with Gasteiger partial charge in [0.25, 0.3) is 0 Å². The van der Waals surface area contributed by atoms with Gasteiger partial charge in [-0.05, 0) is 41.8 Å². The molecule has 150 valence electrons. The number of carbonyl (C=O) groups excluding carboxylic acids is 1. The molecule has 0 aromatic heterocycles. The summed E-state index contributed by atoms with van der Waals surface area (Å²) in [6.07, 6.45) is 0.390. The van der Waals surface area contributed by atoms with Crippen molar-refractivity contribution in [2.24, 2.45) is 0 Å². The molecule has 7 nitrogen and oxygen atoms in total. The van der Waals surface area contributed by atoms with Crippen LogP contribution in [0.25, 0.3) is 0 Å². The highest BCUT2D eigenvalue weighted by Crippen LogP contribution is 2.24. The number of benzene rings is 2. The highest BCUT2D eigenvalue weighted by molar-refractivity contribution is 5.84. The molecule has 0 aliphatic rings. The Balaban J connectivity index is 2.07. The van der Waals surface area contributed by atoms with Crippen LogP contribution in [0, 0.1) is 5.82 Å². The number of methoxy groups -OCH3 is 3. The van der Waals surface area contributed by atoms with E-state index in [1.165, 1.54) is 33.5 Å². The van der Waals surface area contributed by atoms with Crippen LogP contribution in [0.15, 0.2) is 36.4 Å². The van der Waals surface area contributed by atoms with Crippen LogP contribution in [-0.2, 0) is 16.0 Å². The van der Waals surface area contributed by atoms with Crippen molar-refractivity contribution in [3.63, 3.8) is 0 Å². The van der Waals surface area contributed by atoms with Crippen molar-refractivity contribution in [1.82, 2.24) is 5.32 Å². The fourth-order valence-corrected chi connectivity index (χ4v) is 2.65. The number of carbonyl (C=O) groups is 2. The van der Waals surface area contributed by atoms with Gasteiger partial charge in [0.2, 0.25) is 5.91 Å². The van der Waals surface area contributed by atoms with Gasteiger partial charge in [0.05, 0.1) is 21.3 Å². The van der Waals surface area contributed by atoms with E-state index in [1.54, 1.807) is 18.2 Å². The molecule has 2 aromatic rings. The summed E-state index contributed by atoms with van der Waals surface area (Å²) in [6, 6.07) is 7.62. The van der Waals surface area contributed by atoms with Crippen molar-refractivity contribution in [2.45, 2.75) is 18.9 Å². The highest BCUT2D eigenvalue weighted by atomic mass is 19.1. The molecule has 0 radical (unpaired) electrons. The minimum atomic E-state index is -1.37. The minimum Gasteiger partial charge on any atom is -0.497 e. The molecule has 0 aliphatic carbocycles. The first-order valence-corrected chi connectivity index (χ1v) is 8.45. The topological polar surface area (TPSA) is 94.1 Å². The number of nitrogens with one attached hydrogen (secondary N) is 1. The number of ether oxygens (including phenoxy) is 3. The number of aliphatic carboxylic acids is 1. The molecule has 1 atom stereocenters. The van der Waals surface area contributed by atoms with E-state index in [-0.39, 0.29) is 17.7 Å². The number of halogens is 1. The van der Waals surface area contributed by atoms with E-state index in [0.717, 1.165) is 11.6 Å². The predicted molar refractivity (Wildman–Crippen MR) is 99.3 cm³/mol. The lowest BCUT2D eigenvalue weighted by Gasteiger charge is -2.16. The van der Waals surface area contributed by atoms with Gasteiger partial charge in [0.15, 0.2) is 17.6 Å². The Hall–Kier alpha value is -3.29. The quantitative estimate of drug-likeness (QED) is 0.683. The summed E-state index contributed by atoms with van der Waals surface area (Å²) in [5, 5.41) is 11.8. The number of carboxylic acid groups (broad SMARTS) is 1. The van der Waals surface area contributed by atoms with Gasteiger partial charge in [0, 0.05) is 12.5 Å². The Kier molecular flexibility index (Phi) is 7.20. The van der Waals surface area contributed by atoms with E-state index >= 15 is 0 Å². The highest BCUT2D eigenvalue weighted by Gasteiger charge is 2.23. The van der Waals surface area contributed by atoms with Crippen molar-refractivity contribution >= 4 is 11.9 Å². The number of rotatable bonds is 9. The summed E-state index contributed by atoms with van der Waals surface area (Å²) in [5.74, 6) is -1.31. The maximum Gasteiger partial charge on any atom is 0.330 e. The predicted octanol–water partition coefficient (Wildman–Crippen LogP) is 2.73. The molecule has 0 spiro atoms. The molecular formula is C20H22FNO6. The van der Waals surface area contributed by atoms with Gasteiger partial charge in [-0.15, -0.1) is 0 Å². The molecule has 8 heteroatoms. The van der Waals surface area contributed by atoms with Crippen LogP contribution >= 0.6 is 0 Å². The lowest BCUT2D eigenvalue weighted by Crippen LogP contribution is -2.34. The normalized spacial score (nSPS) is 11.4. The second kappa shape index (κ2) is 9.59. The van der Waals surface area contributed by atoms with E-state index in [2.05, 4.69) is 5.32 Å². The Morgan fingerprint density at radius 2 is 1.68 bits per heavy atom. The van der Waals surface area contributed by atoms with E-state index < -0.39 is 23.7 Å². The number of hydrogen-bond acceptors (Lipinski definition) is 5. The molecule has 0 bridgehead atoms. The number of aryl methyl sites for hydroxylation is 1. The molecule has 2 rings (SSSR count). The Bertz CT molecular complexity index is 832. The van der Waals surface area contributed by atoms with Crippen LogP contribution in [0.1, 0.15) is 23.6 Å². The van der Waals surface area contributed by atoms with Crippen LogP contribution in [-0.4, -0.2) is 38.3 Å². The largest absolute Gasteiger partial charge is 0.497 e. The Morgan fingerprint density at radius 3 is 2.18 bits per heavy atom. The monoisotopic (exact) mass is 391 g/mol. The zero-order valence-corrected chi connectivity index (χ0v) is 15.8. The molecule has 2 N–H and O–H groups in total. The molecule has 0 saturated carbocycles. The van der Waals surface area contributed by atoms with Gasteiger partial charge in [-0.3, -0.25) is 4.79 Å². The molecule has 0 fully saturated rings. The molecule has 0 saturated heterocycles. The van der Waals surface area contributed by atoms with Crippen LogP contribution in [0.3, 0.4) is 0 Å². The molecule has 2 aromatic carbocycles. The lowest BCUT2D eigenvalue weighted by molar-refractivity contribution is -0.142. The van der Waals surface area contributed by atoms with Gasteiger partial charge < -0.3 is 24.6 Å². The third-order valence-electron chi connectivity index (χ3n) is 4.11. The van der Waals surface area contributed by atoms with Crippen molar-refractivity contribution in [2.75, 3.05) is 21.3 Å². The van der Waals surface area contributed by atoms with E-state index in [0.29, 0.717) is 17.9 Å². The molecular weight excluding hydrogens is 369 g/mol. The van der Waals surface area contributed by atoms with Crippen LogP contribution < -0.4 is 19.5 Å². The third kappa shape index (κ3) is 5.35. The summed E-state index contributed by atoms with van der Waals surface area (Å²) < 4.78 is 29.1. The summed E-state index contributed by atoms with van der Waals surface area (Å²) in [6.45, 7) is 0. The zero-order valence-electron chi connectivity index (χ0n) is 15.8. The van der Waals surface area contributed by atoms with Crippen molar-refractivity contribution in [1.29, 1.82) is 0 Å². The van der Waals surface area contributed by atoms with E-state index in [1.807, 2.05) is 0 Å². The lowest BCUT2D eigenvalue weighted by atomic mass is 10.0. The SMILES string of the molecule is COc1cc(CCC(=O)NC(C(=O)O)c2ccc(OC)c(F)c2)cc(OC)c1. The number of carboxylic acids is 1. The smallest absolute Gasteiger partial charge is 0.330 e. The van der Waals surface area contributed by atoms with Crippen molar-refractivity contribution in [3.8, 4) is 17.2 Å². The molecule has 28 heavy (non-hydrogen) atoms. The minimum absolute atomic E-state index is 0.00816. The van der Waals surface area contributed by atoms with Gasteiger partial charge in [-0.2, -0.15) is 0 Å². The molecule has 0 aliphatic heterocycles. The molecule has 0 heterocycles. The number of hydrogen-bond donors (Lipinski definition) is 2. The molecule has 1 amide bonds. The summed E-state index contributed by atoms with van der Waals surface area (Å²) >= 11 is 0. The first kappa shape index (κ1) is 21.0. The summed E-state index contributed by atoms with van der Waals surface area (Å²) in [7, 11) is 4.36. The maximum atomic E-state index is 13.9. The Morgan fingerprint density at radius 1 is 1.04 bits per heavy atom. The maximum absolute atomic E-state index is 13.9. The van der Waals surface area contributed by atoms with Crippen LogP contribution in [0.2, 0.25) is 0 Å². The standard InChI is InChI=1S/C20H22FNO6/c1-26-14-8-12(9-15(11-14)27-2)4-7-18(23)22-19(20(24)25)13-5-6-17(28-3)16(21)10-13/h5-6,8-11,19H,4,7H2,1-3H3,(H,22,23)(H,24,25). The van der Waals surface area contributed by atoms with Crippen molar-refractivity contribution in [3.05, 3.63) is 53.3 Å².